The van der Waals surface area contributed by atoms with E-state index in [4.69, 9.17) is 5.11 Å². The molecular formula is C20H25N5O. The number of fused-ring (bicyclic) bond motifs is 1. The molecule has 1 saturated heterocycles. The number of aliphatic hydroxyl groups excluding tert-OH is 1. The number of nitrogens with one attached hydrogen (secondary N) is 1. The quantitative estimate of drug-likeness (QED) is 0.666. The smallest absolute Gasteiger partial charge is 0.139 e. The maximum absolute atomic E-state index is 8.95. The third kappa shape index (κ3) is 3.55. The molecule has 1 aliphatic heterocycles. The van der Waals surface area contributed by atoms with E-state index in [0.29, 0.717) is 6.61 Å². The summed E-state index contributed by atoms with van der Waals surface area (Å²) in [7, 11) is 0. The molecule has 6 nitrogen and oxygen atoms in total. The number of piperidine rings is 1. The molecule has 4 rings (SSSR count). The van der Waals surface area contributed by atoms with Crippen LogP contribution in [0.3, 0.4) is 0 Å². The largest absolute Gasteiger partial charge is 0.396 e. The van der Waals surface area contributed by atoms with Crippen molar-refractivity contribution in [1.82, 2.24) is 20.2 Å². The van der Waals surface area contributed by atoms with Gasteiger partial charge in [-0.3, -0.25) is 5.10 Å². The second kappa shape index (κ2) is 7.83. The van der Waals surface area contributed by atoms with Gasteiger partial charge in [0.15, 0.2) is 0 Å². The standard InChI is InChI=1S/C20H25N5O/c26-10-2-1-3-15-6-8-25(9-7-15)20-18-11-16(17-12-23-24-13-17)4-5-19(18)21-14-22-20/h4-5,11-15,26H,1-3,6-10H2,(H,23,24). The summed E-state index contributed by atoms with van der Waals surface area (Å²) >= 11 is 0. The first-order valence-electron chi connectivity index (χ1n) is 9.45. The molecule has 26 heavy (non-hydrogen) atoms. The topological polar surface area (TPSA) is 77.9 Å². The maximum Gasteiger partial charge on any atom is 0.139 e. The van der Waals surface area contributed by atoms with Crippen LogP contribution in [0.25, 0.3) is 22.0 Å². The number of hydrogen-bond donors (Lipinski definition) is 2. The minimum absolute atomic E-state index is 0.310. The number of hydrogen-bond acceptors (Lipinski definition) is 5. The number of rotatable bonds is 6. The lowest BCUT2D eigenvalue weighted by atomic mass is 9.91. The Bertz CT molecular complexity index is 841. The van der Waals surface area contributed by atoms with E-state index in [0.717, 1.165) is 59.7 Å². The summed E-state index contributed by atoms with van der Waals surface area (Å²) in [5.41, 5.74) is 3.18. The van der Waals surface area contributed by atoms with Gasteiger partial charge in [0.05, 0.1) is 11.7 Å². The van der Waals surface area contributed by atoms with Gasteiger partial charge < -0.3 is 10.0 Å². The van der Waals surface area contributed by atoms with Crippen LogP contribution in [0.1, 0.15) is 32.1 Å². The highest BCUT2D eigenvalue weighted by atomic mass is 16.2. The average molecular weight is 351 g/mol. The summed E-state index contributed by atoms with van der Waals surface area (Å²) in [6.07, 6.45) is 11.1. The van der Waals surface area contributed by atoms with Crippen molar-refractivity contribution in [2.24, 2.45) is 5.92 Å². The molecule has 1 aliphatic rings. The van der Waals surface area contributed by atoms with Crippen molar-refractivity contribution in [2.45, 2.75) is 32.1 Å². The van der Waals surface area contributed by atoms with Gasteiger partial charge in [0.1, 0.15) is 12.1 Å². The molecule has 0 bridgehead atoms. The van der Waals surface area contributed by atoms with Crippen LogP contribution in [0.4, 0.5) is 5.82 Å². The Morgan fingerprint density at radius 1 is 1.12 bits per heavy atom. The lowest BCUT2D eigenvalue weighted by molar-refractivity contribution is 0.272. The first-order chi connectivity index (χ1) is 12.8. The summed E-state index contributed by atoms with van der Waals surface area (Å²) in [5.74, 6) is 1.81. The minimum Gasteiger partial charge on any atom is -0.396 e. The Hall–Kier alpha value is -2.47. The number of anilines is 1. The van der Waals surface area contributed by atoms with Crippen molar-refractivity contribution in [3.63, 3.8) is 0 Å². The van der Waals surface area contributed by atoms with E-state index in [-0.39, 0.29) is 0 Å². The molecule has 2 aromatic heterocycles. The zero-order valence-corrected chi connectivity index (χ0v) is 14.9. The van der Waals surface area contributed by atoms with E-state index in [1.165, 1.54) is 19.3 Å². The van der Waals surface area contributed by atoms with Gasteiger partial charge in [0.2, 0.25) is 0 Å². The van der Waals surface area contributed by atoms with E-state index in [1.54, 1.807) is 6.33 Å². The highest BCUT2D eigenvalue weighted by Crippen LogP contribution is 2.31. The highest BCUT2D eigenvalue weighted by Gasteiger charge is 2.21. The summed E-state index contributed by atoms with van der Waals surface area (Å²) in [5, 5.41) is 17.0. The lowest BCUT2D eigenvalue weighted by Crippen LogP contribution is -2.34. The van der Waals surface area contributed by atoms with Gasteiger partial charge >= 0.3 is 0 Å². The molecule has 0 radical (unpaired) electrons. The van der Waals surface area contributed by atoms with Gasteiger partial charge in [-0.1, -0.05) is 18.9 Å². The molecule has 1 fully saturated rings. The molecule has 0 unspecified atom stereocenters. The molecule has 0 spiro atoms. The third-order valence-corrected chi connectivity index (χ3v) is 5.38. The fourth-order valence-corrected chi connectivity index (χ4v) is 3.86. The van der Waals surface area contributed by atoms with Crippen molar-refractivity contribution in [3.05, 3.63) is 36.9 Å². The van der Waals surface area contributed by atoms with Gasteiger partial charge in [0, 0.05) is 36.8 Å². The highest BCUT2D eigenvalue weighted by molar-refractivity contribution is 5.92. The van der Waals surface area contributed by atoms with Crippen LogP contribution < -0.4 is 4.90 Å². The van der Waals surface area contributed by atoms with Crippen LogP contribution in [0.5, 0.6) is 0 Å². The molecule has 3 heterocycles. The van der Waals surface area contributed by atoms with Crippen molar-refractivity contribution in [3.8, 4) is 11.1 Å². The van der Waals surface area contributed by atoms with E-state index >= 15 is 0 Å². The predicted octanol–water partition coefficient (Wildman–Crippen LogP) is 3.40. The van der Waals surface area contributed by atoms with Gasteiger partial charge in [-0.2, -0.15) is 5.10 Å². The van der Waals surface area contributed by atoms with E-state index < -0.39 is 0 Å². The summed E-state index contributed by atoms with van der Waals surface area (Å²) in [4.78, 5) is 11.4. The minimum atomic E-state index is 0.310. The molecule has 3 aromatic rings. The number of aliphatic hydroxyl groups is 1. The second-order valence-electron chi connectivity index (χ2n) is 7.07. The molecule has 0 aliphatic carbocycles. The Morgan fingerprint density at radius 3 is 2.77 bits per heavy atom. The van der Waals surface area contributed by atoms with Crippen LogP contribution in [0, 0.1) is 5.92 Å². The van der Waals surface area contributed by atoms with Crippen LogP contribution >= 0.6 is 0 Å². The number of nitrogens with zero attached hydrogens (tertiary/aromatic N) is 4. The van der Waals surface area contributed by atoms with Gasteiger partial charge in [-0.15, -0.1) is 0 Å². The van der Waals surface area contributed by atoms with Crippen LogP contribution in [-0.2, 0) is 0 Å². The normalized spacial score (nSPS) is 15.7. The Balaban J connectivity index is 1.54. The Morgan fingerprint density at radius 2 is 2.00 bits per heavy atom. The van der Waals surface area contributed by atoms with Crippen molar-refractivity contribution < 1.29 is 5.11 Å². The Kier molecular flexibility index (Phi) is 5.11. The Labute approximate surface area is 153 Å². The van der Waals surface area contributed by atoms with Crippen molar-refractivity contribution in [2.75, 3.05) is 24.6 Å². The summed E-state index contributed by atoms with van der Waals surface area (Å²) in [6, 6.07) is 6.31. The first-order valence-corrected chi connectivity index (χ1v) is 9.45. The maximum atomic E-state index is 8.95. The van der Waals surface area contributed by atoms with Gasteiger partial charge in [0.25, 0.3) is 0 Å². The molecule has 0 atom stereocenters. The van der Waals surface area contributed by atoms with E-state index in [2.05, 4.69) is 43.3 Å². The third-order valence-electron chi connectivity index (χ3n) is 5.38. The van der Waals surface area contributed by atoms with Crippen LogP contribution in [0.15, 0.2) is 36.9 Å². The summed E-state index contributed by atoms with van der Waals surface area (Å²) < 4.78 is 0. The van der Waals surface area contributed by atoms with E-state index in [1.807, 2.05) is 12.4 Å². The number of unbranched alkanes of at least 4 members (excludes halogenated alkanes) is 1. The van der Waals surface area contributed by atoms with Crippen LogP contribution in [-0.4, -0.2) is 45.0 Å². The molecule has 136 valence electrons. The number of aromatic nitrogens is 4. The molecule has 1 aromatic carbocycles. The zero-order chi connectivity index (χ0) is 17.8. The van der Waals surface area contributed by atoms with E-state index in [9.17, 15) is 0 Å². The monoisotopic (exact) mass is 351 g/mol. The van der Waals surface area contributed by atoms with Crippen LogP contribution in [0.2, 0.25) is 0 Å². The van der Waals surface area contributed by atoms with Crippen molar-refractivity contribution in [1.29, 1.82) is 0 Å². The summed E-state index contributed by atoms with van der Waals surface area (Å²) in [6.45, 7) is 2.38. The fraction of sp³-hybridized carbons (Fsp3) is 0.450. The zero-order valence-electron chi connectivity index (χ0n) is 14.9. The number of benzene rings is 1. The first kappa shape index (κ1) is 17.0. The molecule has 6 heteroatoms. The molecule has 2 N–H and O–H groups in total. The SMILES string of the molecule is OCCCCC1CCN(c2ncnc3ccc(-c4cn[nH]c4)cc23)CC1. The lowest BCUT2D eigenvalue weighted by Gasteiger charge is -2.33. The average Bonchev–Trinajstić information content (AvgIpc) is 3.23. The van der Waals surface area contributed by atoms with Gasteiger partial charge in [-0.05, 0) is 42.9 Å². The number of H-pyrrole nitrogens is 1. The predicted molar refractivity (Wildman–Crippen MR) is 103 cm³/mol. The van der Waals surface area contributed by atoms with Crippen molar-refractivity contribution >= 4 is 16.7 Å². The molecular weight excluding hydrogens is 326 g/mol. The molecule has 0 amide bonds. The van der Waals surface area contributed by atoms with Gasteiger partial charge in [-0.25, -0.2) is 9.97 Å². The fourth-order valence-electron chi connectivity index (χ4n) is 3.86. The number of aromatic amines is 1. The second-order valence-corrected chi connectivity index (χ2v) is 7.07. The molecule has 0 saturated carbocycles.